The van der Waals surface area contributed by atoms with Crippen molar-refractivity contribution in [2.75, 3.05) is 0 Å². The van der Waals surface area contributed by atoms with Gasteiger partial charge < -0.3 is 152 Å². The highest BCUT2D eigenvalue weighted by Crippen LogP contribution is 2.47. The summed E-state index contributed by atoms with van der Waals surface area (Å²) in [7, 11) is 0. The number of hydrogen-bond acceptors (Lipinski definition) is 30. The van der Waals surface area contributed by atoms with Crippen LogP contribution >= 0.6 is 0 Å². The van der Waals surface area contributed by atoms with E-state index in [-0.39, 0.29) is 196 Å². The zero-order chi connectivity index (χ0) is 44.1. The van der Waals surface area contributed by atoms with Gasteiger partial charge in [0.15, 0.2) is 0 Å². The summed E-state index contributed by atoms with van der Waals surface area (Å²) in [5.74, 6) is 1.55. The number of aliphatic hydroxyl groups is 2. The second kappa shape index (κ2) is 50.7. The first kappa shape index (κ1) is 119. The topological polar surface area (TPSA) is 846 Å². The molecular weight excluding hydrogens is 1040 g/mol. The molecule has 0 spiro atoms. The maximum absolute atomic E-state index is 12.9. The first-order chi connectivity index (χ1) is 28.2. The molecule has 2 fully saturated rings. The van der Waals surface area contributed by atoms with Crippen molar-refractivity contribution in [3.05, 3.63) is 47.6 Å². The fraction of sp³-hybridized carbons (Fsp3) is 0.760. The average Bonchev–Trinajstić information content (AvgIpc) is 3.16. The highest BCUT2D eigenvalue weighted by molar-refractivity contribution is 5.76. The molecule has 0 saturated carbocycles. The van der Waals surface area contributed by atoms with Gasteiger partial charge in [0.25, 0.3) is 0 Å². The molecule has 4 aliphatic carbocycles. The molecule has 30 nitrogen and oxygen atoms in total. The van der Waals surface area contributed by atoms with Gasteiger partial charge in [0.2, 0.25) is 0 Å². The van der Waals surface area contributed by atoms with Crippen LogP contribution < -0.4 is 123 Å². The molecule has 0 radical (unpaired) electrons. The number of carbonyl (C=O) groups is 4. The van der Waals surface area contributed by atoms with Gasteiger partial charge in [-0.1, -0.05) is 78.0 Å². The molecule has 0 aromatic carbocycles. The van der Waals surface area contributed by atoms with Crippen molar-refractivity contribution in [2.45, 2.75) is 183 Å². The van der Waals surface area contributed by atoms with Crippen LogP contribution in [0.3, 0.4) is 0 Å². The predicted octanol–water partition coefficient (Wildman–Crippen LogP) is 12.4. The van der Waals surface area contributed by atoms with E-state index in [1.807, 2.05) is 41.5 Å². The van der Waals surface area contributed by atoms with E-state index in [1.54, 1.807) is 0 Å². The first-order valence-electron chi connectivity index (χ1n) is 23.2. The van der Waals surface area contributed by atoms with Crippen molar-refractivity contribution in [2.24, 2.45) is 58.2 Å². The quantitative estimate of drug-likeness (QED) is 0.0637. The Kier molecular flexibility index (Phi) is 75.2. The zero-order valence-corrected chi connectivity index (χ0v) is 52.3. The lowest BCUT2D eigenvalue weighted by Gasteiger charge is -2.44. The van der Waals surface area contributed by atoms with E-state index < -0.39 is 23.0 Å². The first-order valence-corrected chi connectivity index (χ1v) is 23.2. The van der Waals surface area contributed by atoms with Crippen molar-refractivity contribution in [3.8, 4) is 0 Å². The molecule has 2 saturated heterocycles. The Morgan fingerprint density at radius 1 is 0.487 bits per heavy atom. The van der Waals surface area contributed by atoms with Crippen LogP contribution in [0, 0.1) is 58.2 Å². The van der Waals surface area contributed by atoms with Gasteiger partial charge in [-0.2, -0.15) is 0 Å². The number of carbonyl (C=O) groups excluding carboxylic acids is 4. The molecule has 14 atom stereocenters. The van der Waals surface area contributed by atoms with Gasteiger partial charge in [-0.05, 0) is 126 Å². The predicted molar refractivity (Wildman–Crippen MR) is 331 cm³/mol. The van der Waals surface area contributed by atoms with Gasteiger partial charge in [0.05, 0.1) is 35.9 Å². The molecule has 2 heterocycles. The molecule has 80 heavy (non-hydrogen) atoms. The normalized spacial score (nSPS) is 27.4. The number of allylic oxidation sites excluding steroid dienone is 6. The van der Waals surface area contributed by atoms with Crippen LogP contribution in [0.25, 0.3) is 0 Å². The molecule has 0 bridgehead atoms. The van der Waals surface area contributed by atoms with Crippen LogP contribution in [0.4, 0.5) is 0 Å². The summed E-state index contributed by atoms with van der Waals surface area (Å²) in [5.41, 5.74) is 1.57. The highest BCUT2D eigenvalue weighted by Gasteiger charge is 2.45. The van der Waals surface area contributed by atoms with Crippen LogP contribution in [0.15, 0.2) is 47.6 Å². The third-order valence-corrected chi connectivity index (χ3v) is 14.7. The largest absolute Gasteiger partial charge is 0.462 e. The Labute approximate surface area is 482 Å². The van der Waals surface area contributed by atoms with Gasteiger partial charge in [-0.3, -0.25) is 19.2 Å². The van der Waals surface area contributed by atoms with Crippen molar-refractivity contribution in [1.82, 2.24) is 123 Å². The summed E-state index contributed by atoms with van der Waals surface area (Å²) in [5, 5.41) is 19.8. The number of hydrogen-bond donors (Lipinski definition) is 22. The lowest BCUT2D eigenvalue weighted by molar-refractivity contribution is -0.166. The van der Waals surface area contributed by atoms with E-state index in [9.17, 15) is 29.4 Å². The minimum absolute atomic E-state index is 0. The van der Waals surface area contributed by atoms with E-state index in [0.29, 0.717) is 48.3 Å². The molecule has 496 valence electrons. The van der Waals surface area contributed by atoms with Gasteiger partial charge in [-0.25, -0.2) is 0 Å². The second-order valence-electron chi connectivity index (χ2n) is 20.5. The van der Waals surface area contributed by atoms with E-state index in [2.05, 4.69) is 64.2 Å². The third kappa shape index (κ3) is 30.3. The van der Waals surface area contributed by atoms with E-state index in [0.717, 1.165) is 51.4 Å². The second-order valence-corrected chi connectivity index (χ2v) is 20.5. The summed E-state index contributed by atoms with van der Waals surface area (Å²) in [6.45, 7) is 20.6. The van der Waals surface area contributed by atoms with Crippen molar-refractivity contribution < 1.29 is 48.3 Å². The highest BCUT2D eigenvalue weighted by atomic mass is 16.6. The lowest BCUT2D eigenvalue weighted by atomic mass is 9.65. The van der Waals surface area contributed by atoms with Gasteiger partial charge in [-0.15, -0.1) is 0 Å². The monoisotopic (exact) mass is 1180 g/mol. The molecule has 62 N–H and O–H groups in total. The van der Waals surface area contributed by atoms with Crippen LogP contribution in [0.5, 0.6) is 0 Å². The van der Waals surface area contributed by atoms with Crippen molar-refractivity contribution in [1.29, 1.82) is 0 Å². The lowest BCUT2D eigenvalue weighted by Crippen LogP contribution is -2.43. The van der Waals surface area contributed by atoms with E-state index >= 15 is 0 Å². The summed E-state index contributed by atoms with van der Waals surface area (Å²) < 4.78 is 23.2. The molecule has 6 aliphatic rings. The number of rotatable bonds is 12. The number of aliphatic hydroxyl groups excluding tert-OH is 2. The number of cyclic esters (lactones) is 2. The molecule has 0 amide bonds. The summed E-state index contributed by atoms with van der Waals surface area (Å²) >= 11 is 0. The van der Waals surface area contributed by atoms with Crippen molar-refractivity contribution in [3.63, 3.8) is 0 Å². The summed E-state index contributed by atoms with van der Waals surface area (Å²) in [4.78, 5) is 49.1. The SMILES string of the molecule is CCC(C)(C)C(=O)O[C@@H]1C[C@H](C)C=C2C=C[C@@H](C)[C@@H](CC[C@@H]3C[C@H](O)CC(=O)O3)[C@@H]21.CCC(C)(C)C(=O)O[C@@H]1C[C@H](C)C=C2C=C[C@@H](C)[C@@H](CC[C@@H]3C[C@H](O)CC(=O)O3)[C@@H]21.N.N.N.N.N.N.N.N.N.N.N.N.N.N.N.N.N.N.N.N. The standard InChI is InChI=1S/2C25H38O5.20H3N/c2*1-6-25(4,5)24(28)30-21-12-15(2)11-17-8-7-16(3)20(23(17)21)10-9-19-13-18(26)14-22(27)29-19;;;;;;;;;;;;;;;;;;;;/h2*7-8,11,15-16,18-21,23,26H,6,9-10,12-14H2,1-5H3;20*1H3/t2*15-,16-,18+,19-,20-,21-,23-;;;;;;;;;;;;;;;;;;;;/m11..................../s1. The van der Waals surface area contributed by atoms with Gasteiger partial charge in [0, 0.05) is 24.7 Å². The summed E-state index contributed by atoms with van der Waals surface area (Å²) in [6.07, 6.45) is 19.2. The number of ether oxygens (including phenoxy) is 4. The zero-order valence-electron chi connectivity index (χ0n) is 52.3. The van der Waals surface area contributed by atoms with Crippen molar-refractivity contribution >= 4 is 23.9 Å². The molecule has 0 aromatic rings. The smallest absolute Gasteiger partial charge is 0.311 e. The van der Waals surface area contributed by atoms with Crippen LogP contribution in [0.2, 0.25) is 0 Å². The molecule has 0 aromatic heterocycles. The third-order valence-electron chi connectivity index (χ3n) is 14.7. The van der Waals surface area contributed by atoms with Gasteiger partial charge >= 0.3 is 23.9 Å². The molecule has 6 rings (SSSR count). The number of esters is 4. The van der Waals surface area contributed by atoms with E-state index in [4.69, 9.17) is 18.9 Å². The molecule has 2 aliphatic heterocycles. The Morgan fingerprint density at radius 3 is 1.01 bits per heavy atom. The van der Waals surface area contributed by atoms with Crippen LogP contribution in [0.1, 0.15) is 146 Å². The maximum atomic E-state index is 12.9. The number of fused-ring (bicyclic) bond motifs is 2. The molecule has 0 unspecified atom stereocenters. The van der Waals surface area contributed by atoms with E-state index in [1.165, 1.54) is 11.1 Å². The Hall–Kier alpha value is -4.04. The minimum atomic E-state index is -0.601. The fourth-order valence-corrected chi connectivity index (χ4v) is 10.2. The average molecular weight is 1180 g/mol. The molecular formula is C50H136N20O10. The van der Waals surface area contributed by atoms with Crippen LogP contribution in [-0.2, 0) is 38.1 Å². The molecule has 30 heteroatoms. The minimum Gasteiger partial charge on any atom is -0.462 e. The Bertz CT molecular complexity index is 1600. The summed E-state index contributed by atoms with van der Waals surface area (Å²) in [6, 6.07) is 0. The Balaban J connectivity index is -0.0000000585. The van der Waals surface area contributed by atoms with Gasteiger partial charge in [0.1, 0.15) is 24.4 Å². The Morgan fingerprint density at radius 2 is 0.762 bits per heavy atom. The maximum Gasteiger partial charge on any atom is 0.311 e. The fourth-order valence-electron chi connectivity index (χ4n) is 10.2. The van der Waals surface area contributed by atoms with Crippen LogP contribution in [-0.4, -0.2) is 70.7 Å².